The van der Waals surface area contributed by atoms with Crippen molar-refractivity contribution in [3.8, 4) is 0 Å². The summed E-state index contributed by atoms with van der Waals surface area (Å²) in [5.74, 6) is -0.105. The average molecular weight is 428 g/mol. The third-order valence-electron chi connectivity index (χ3n) is 6.70. The molecule has 2 aromatic rings. The third kappa shape index (κ3) is 3.23. The summed E-state index contributed by atoms with van der Waals surface area (Å²) in [7, 11) is 0. The van der Waals surface area contributed by atoms with Crippen molar-refractivity contribution in [2.75, 3.05) is 11.9 Å². The summed E-state index contributed by atoms with van der Waals surface area (Å²) in [5, 5.41) is 6.27. The molecule has 156 valence electrons. The minimum absolute atomic E-state index is 0.138. The van der Waals surface area contributed by atoms with Crippen LogP contribution in [0.2, 0.25) is 5.02 Å². The molecule has 2 aromatic carbocycles. The fraction of sp³-hybridized carbons (Fsp3) is 0.391. The van der Waals surface area contributed by atoms with E-state index in [1.165, 1.54) is 31.0 Å². The van der Waals surface area contributed by atoms with Crippen molar-refractivity contribution in [3.63, 3.8) is 0 Å². The number of nitrogens with one attached hydrogen (secondary N) is 2. The number of carbonyl (C=O) groups is 2. The number of hydrogen-bond donors (Lipinski definition) is 2. The summed E-state index contributed by atoms with van der Waals surface area (Å²) in [6.45, 7) is 0.756. The molecule has 3 amide bonds. The Balaban J connectivity index is 1.47. The molecule has 3 atom stereocenters. The lowest BCUT2D eigenvalue weighted by Gasteiger charge is -2.32. The van der Waals surface area contributed by atoms with Crippen LogP contribution in [-0.2, 0) is 0 Å². The smallest absolute Gasteiger partial charge is 0.322 e. The van der Waals surface area contributed by atoms with Crippen molar-refractivity contribution in [3.05, 3.63) is 63.9 Å². The third-order valence-corrected chi connectivity index (χ3v) is 7.04. The predicted octanol–water partition coefficient (Wildman–Crippen LogP) is 5.11. The number of urea groups is 1. The summed E-state index contributed by atoms with van der Waals surface area (Å²) in [6, 6.07) is 8.87. The molecule has 0 radical (unpaired) electrons. The second kappa shape index (κ2) is 7.58. The van der Waals surface area contributed by atoms with Crippen LogP contribution in [0.25, 0.3) is 0 Å². The number of hydrogen-bond acceptors (Lipinski definition) is 2. The molecular weight excluding hydrogens is 405 g/mol. The van der Waals surface area contributed by atoms with Crippen LogP contribution in [0.15, 0.2) is 36.4 Å². The monoisotopic (exact) mass is 427 g/mol. The van der Waals surface area contributed by atoms with E-state index in [0.29, 0.717) is 39.4 Å². The lowest BCUT2D eigenvalue weighted by Crippen LogP contribution is -2.41. The van der Waals surface area contributed by atoms with Crippen LogP contribution in [0.3, 0.4) is 0 Å². The fourth-order valence-corrected chi connectivity index (χ4v) is 5.50. The van der Waals surface area contributed by atoms with Gasteiger partial charge in [0.2, 0.25) is 0 Å². The molecule has 2 heterocycles. The van der Waals surface area contributed by atoms with Crippen molar-refractivity contribution in [2.24, 2.45) is 5.92 Å². The number of nitrogens with zero attached hydrogens (tertiary/aromatic N) is 1. The number of halogens is 2. The Bertz CT molecular complexity index is 1030. The molecule has 3 aliphatic rings. The van der Waals surface area contributed by atoms with Crippen molar-refractivity contribution >= 4 is 29.2 Å². The molecule has 30 heavy (non-hydrogen) atoms. The molecule has 2 N–H and O–H groups in total. The Morgan fingerprint density at radius 1 is 1.17 bits per heavy atom. The van der Waals surface area contributed by atoms with Gasteiger partial charge in [-0.2, -0.15) is 0 Å². The molecule has 0 bridgehead atoms. The van der Waals surface area contributed by atoms with Crippen LogP contribution in [0, 0.1) is 11.7 Å². The van der Waals surface area contributed by atoms with Gasteiger partial charge in [-0.15, -0.1) is 0 Å². The first-order chi connectivity index (χ1) is 14.5. The van der Waals surface area contributed by atoms with Gasteiger partial charge in [-0.25, -0.2) is 9.18 Å². The Morgan fingerprint density at radius 3 is 2.87 bits per heavy atom. The van der Waals surface area contributed by atoms with Crippen molar-refractivity contribution in [1.82, 2.24) is 10.2 Å². The second-order valence-electron chi connectivity index (χ2n) is 8.36. The summed E-state index contributed by atoms with van der Waals surface area (Å²) < 4.78 is 13.9. The zero-order chi connectivity index (χ0) is 20.8. The molecule has 2 aliphatic heterocycles. The highest BCUT2D eigenvalue weighted by atomic mass is 35.5. The van der Waals surface area contributed by atoms with Gasteiger partial charge < -0.3 is 15.5 Å². The van der Waals surface area contributed by atoms with E-state index in [0.717, 1.165) is 25.8 Å². The zero-order valence-corrected chi connectivity index (χ0v) is 17.2. The number of likely N-dealkylation sites (tertiary alicyclic amines) is 1. The van der Waals surface area contributed by atoms with E-state index in [1.807, 2.05) is 4.90 Å². The second-order valence-corrected chi connectivity index (χ2v) is 8.77. The quantitative estimate of drug-likeness (QED) is 0.699. The van der Waals surface area contributed by atoms with Gasteiger partial charge in [0, 0.05) is 40.0 Å². The predicted molar refractivity (Wildman–Crippen MR) is 113 cm³/mol. The number of fused-ring (bicyclic) bond motifs is 2. The number of amides is 3. The van der Waals surface area contributed by atoms with Gasteiger partial charge >= 0.3 is 6.03 Å². The van der Waals surface area contributed by atoms with E-state index in [4.69, 9.17) is 11.6 Å². The van der Waals surface area contributed by atoms with Crippen LogP contribution < -0.4 is 10.6 Å². The van der Waals surface area contributed by atoms with E-state index in [1.54, 1.807) is 18.2 Å². The highest BCUT2D eigenvalue weighted by Crippen LogP contribution is 2.40. The molecule has 5 rings (SSSR count). The fourth-order valence-electron chi connectivity index (χ4n) is 5.28. The summed E-state index contributed by atoms with van der Waals surface area (Å²) in [5.41, 5.74) is 2.12. The van der Waals surface area contributed by atoms with E-state index >= 15 is 0 Å². The zero-order valence-electron chi connectivity index (χ0n) is 16.5. The van der Waals surface area contributed by atoms with Crippen LogP contribution in [0.5, 0.6) is 0 Å². The molecule has 0 unspecified atom stereocenters. The minimum atomic E-state index is -0.617. The van der Waals surface area contributed by atoms with E-state index in [9.17, 15) is 14.0 Å². The first kappa shape index (κ1) is 19.4. The molecular formula is C23H23ClFN3O2. The van der Waals surface area contributed by atoms with E-state index in [-0.39, 0.29) is 11.9 Å². The normalized spacial score (nSPS) is 24.9. The number of benzene rings is 2. The number of rotatable bonds is 2. The first-order valence-corrected chi connectivity index (χ1v) is 10.9. The van der Waals surface area contributed by atoms with Gasteiger partial charge in [-0.1, -0.05) is 30.5 Å². The van der Waals surface area contributed by atoms with Crippen LogP contribution >= 0.6 is 11.6 Å². The highest BCUT2D eigenvalue weighted by molar-refractivity contribution is 6.31. The van der Waals surface area contributed by atoms with Crippen LogP contribution in [0.1, 0.15) is 59.6 Å². The maximum atomic E-state index is 13.9. The number of anilines is 1. The standard InChI is InChI=1S/C23H23ClFN3O2/c24-17-9-8-14(25)12-16(17)21-20-15(22(29)27-21)5-3-6-18(20)26-23(30)28-11-10-13-4-1-2-7-19(13)28/h3,5-6,8-9,12-13,19,21H,1-2,4,7,10-11H2,(H,26,30)(H,27,29)/t13-,19-,21+/m1/s1. The Hall–Kier alpha value is -2.60. The van der Waals surface area contributed by atoms with E-state index in [2.05, 4.69) is 10.6 Å². The molecule has 1 saturated heterocycles. The molecule has 7 heteroatoms. The Morgan fingerprint density at radius 2 is 2.00 bits per heavy atom. The maximum absolute atomic E-state index is 13.9. The molecule has 2 fully saturated rings. The first-order valence-electron chi connectivity index (χ1n) is 10.5. The van der Waals surface area contributed by atoms with Gasteiger partial charge in [0.05, 0.1) is 6.04 Å². The van der Waals surface area contributed by atoms with Gasteiger partial charge in [-0.05, 0) is 55.5 Å². The lowest BCUT2D eigenvalue weighted by atomic mass is 9.85. The molecule has 1 aliphatic carbocycles. The van der Waals surface area contributed by atoms with Gasteiger partial charge in [0.25, 0.3) is 5.91 Å². The Kier molecular flexibility index (Phi) is 4.89. The SMILES string of the molecule is O=C1N[C@@H](c2cc(F)ccc2Cl)c2c(NC(=O)N3CC[C@H]4CCCC[C@H]43)cccc21. The Labute approximate surface area is 179 Å². The summed E-state index contributed by atoms with van der Waals surface area (Å²) >= 11 is 6.31. The van der Waals surface area contributed by atoms with Crippen LogP contribution in [-0.4, -0.2) is 29.4 Å². The molecule has 5 nitrogen and oxygen atoms in total. The summed E-state index contributed by atoms with van der Waals surface area (Å²) in [4.78, 5) is 27.6. The number of carbonyl (C=O) groups excluding carboxylic acids is 2. The van der Waals surface area contributed by atoms with Crippen molar-refractivity contribution < 1.29 is 14.0 Å². The highest BCUT2D eigenvalue weighted by Gasteiger charge is 2.39. The van der Waals surface area contributed by atoms with Gasteiger partial charge in [-0.3, -0.25) is 4.79 Å². The maximum Gasteiger partial charge on any atom is 0.322 e. The van der Waals surface area contributed by atoms with Crippen LogP contribution in [0.4, 0.5) is 14.9 Å². The summed E-state index contributed by atoms with van der Waals surface area (Å²) in [6.07, 6.45) is 5.68. The molecule has 0 aromatic heterocycles. The largest absolute Gasteiger partial charge is 0.341 e. The van der Waals surface area contributed by atoms with Gasteiger partial charge in [0.1, 0.15) is 5.82 Å². The van der Waals surface area contributed by atoms with Gasteiger partial charge in [0.15, 0.2) is 0 Å². The van der Waals surface area contributed by atoms with Crippen molar-refractivity contribution in [2.45, 2.75) is 44.2 Å². The minimum Gasteiger partial charge on any atom is -0.341 e. The average Bonchev–Trinajstić information content (AvgIpc) is 3.32. The molecule has 0 spiro atoms. The van der Waals surface area contributed by atoms with Crippen molar-refractivity contribution in [1.29, 1.82) is 0 Å². The topological polar surface area (TPSA) is 61.4 Å². The van der Waals surface area contributed by atoms with E-state index < -0.39 is 11.9 Å². The molecule has 1 saturated carbocycles. The lowest BCUT2D eigenvalue weighted by molar-refractivity contribution is 0.0960.